The first-order chi connectivity index (χ1) is 14.9. The summed E-state index contributed by atoms with van der Waals surface area (Å²) >= 11 is 1.26. The molecule has 2 fully saturated rings. The molecule has 31 heavy (non-hydrogen) atoms. The minimum absolute atomic E-state index is 0.108. The van der Waals surface area contributed by atoms with Crippen LogP contribution in [0, 0.1) is 0 Å². The zero-order valence-corrected chi connectivity index (χ0v) is 17.8. The topological polar surface area (TPSA) is 110 Å². The third kappa shape index (κ3) is 5.72. The van der Waals surface area contributed by atoms with Crippen LogP contribution in [0.5, 0.6) is 0 Å². The molecule has 0 aromatic heterocycles. The predicted octanol–water partition coefficient (Wildman–Crippen LogP) is 1.47. The minimum Gasteiger partial charge on any atom is -0.466 e. The van der Waals surface area contributed by atoms with Crippen molar-refractivity contribution in [2.75, 3.05) is 26.0 Å². The largest absolute Gasteiger partial charge is 0.466 e. The van der Waals surface area contributed by atoms with E-state index >= 15 is 0 Å². The summed E-state index contributed by atoms with van der Waals surface area (Å²) in [7, 11) is 1.27. The molecule has 164 valence electrons. The van der Waals surface area contributed by atoms with Crippen molar-refractivity contribution >= 4 is 41.4 Å². The van der Waals surface area contributed by atoms with Crippen LogP contribution < -0.4 is 0 Å². The number of likely N-dealkylation sites (tertiary alicyclic amines) is 1. The fourth-order valence-corrected chi connectivity index (χ4v) is 4.08. The molecule has 0 bridgehead atoms. The van der Waals surface area contributed by atoms with E-state index in [1.165, 1.54) is 34.7 Å². The molecule has 0 aliphatic carbocycles. The van der Waals surface area contributed by atoms with Crippen LogP contribution in [0.25, 0.3) is 0 Å². The van der Waals surface area contributed by atoms with Crippen molar-refractivity contribution in [2.24, 2.45) is 0 Å². The van der Waals surface area contributed by atoms with Crippen LogP contribution in [0.2, 0.25) is 0 Å². The van der Waals surface area contributed by atoms with E-state index in [1.54, 1.807) is 24.3 Å². The Morgan fingerprint density at radius 2 is 1.71 bits per heavy atom. The Labute approximate surface area is 183 Å². The highest BCUT2D eigenvalue weighted by atomic mass is 32.2. The summed E-state index contributed by atoms with van der Waals surface area (Å²) in [6, 6.07) is 6.53. The van der Waals surface area contributed by atoms with Crippen molar-refractivity contribution < 1.29 is 33.4 Å². The Balaban J connectivity index is 1.46. The number of methoxy groups -OCH3 is 1. The monoisotopic (exact) mass is 446 g/mol. The van der Waals surface area contributed by atoms with E-state index in [4.69, 9.17) is 4.74 Å². The van der Waals surface area contributed by atoms with Crippen LogP contribution in [0.1, 0.15) is 35.2 Å². The van der Waals surface area contributed by atoms with Gasteiger partial charge in [0.05, 0.1) is 42.7 Å². The first kappa shape index (κ1) is 22.5. The van der Waals surface area contributed by atoms with E-state index in [1.807, 2.05) is 0 Å². The Morgan fingerprint density at radius 3 is 2.35 bits per heavy atom. The molecular weight excluding hydrogens is 424 g/mol. The van der Waals surface area contributed by atoms with Gasteiger partial charge in [-0.05, 0) is 24.1 Å². The maximum absolute atomic E-state index is 12.2. The highest BCUT2D eigenvalue weighted by Gasteiger charge is 2.29. The molecule has 0 atom stereocenters. The number of imide groups is 1. The predicted molar refractivity (Wildman–Crippen MR) is 110 cm³/mol. The Morgan fingerprint density at radius 1 is 1.03 bits per heavy atom. The van der Waals surface area contributed by atoms with Crippen molar-refractivity contribution in [1.82, 2.24) is 9.80 Å². The number of esters is 2. The van der Waals surface area contributed by atoms with Gasteiger partial charge in [-0.1, -0.05) is 23.9 Å². The van der Waals surface area contributed by atoms with Crippen molar-refractivity contribution in [3.8, 4) is 0 Å². The van der Waals surface area contributed by atoms with Crippen LogP contribution in [0.4, 0.5) is 0 Å². The van der Waals surface area contributed by atoms with Gasteiger partial charge in [0.15, 0.2) is 0 Å². The molecule has 10 heteroatoms. The zero-order valence-electron chi connectivity index (χ0n) is 17.0. The lowest BCUT2D eigenvalue weighted by atomic mass is 10.1. The van der Waals surface area contributed by atoms with Crippen LogP contribution >= 0.6 is 11.8 Å². The second-order valence-electron chi connectivity index (χ2n) is 6.90. The minimum atomic E-state index is -0.532. The number of carbonyl (C=O) groups excluding carboxylic acids is 5. The summed E-state index contributed by atoms with van der Waals surface area (Å²) in [4.78, 5) is 61.6. The molecule has 2 saturated heterocycles. The van der Waals surface area contributed by atoms with Gasteiger partial charge in [0, 0.05) is 19.4 Å². The van der Waals surface area contributed by atoms with Crippen molar-refractivity contribution in [3.63, 3.8) is 0 Å². The average molecular weight is 446 g/mol. The molecule has 0 spiro atoms. The number of nitrogens with zero attached hydrogens (tertiary/aromatic N) is 2. The maximum Gasteiger partial charge on any atom is 0.338 e. The molecule has 2 aliphatic rings. The fraction of sp³-hybridized carbons (Fsp3) is 0.381. The van der Waals surface area contributed by atoms with E-state index < -0.39 is 11.9 Å². The van der Waals surface area contributed by atoms with E-state index in [9.17, 15) is 24.0 Å². The third-order valence-electron chi connectivity index (χ3n) is 4.80. The van der Waals surface area contributed by atoms with Crippen LogP contribution in [-0.2, 0) is 35.2 Å². The quantitative estimate of drug-likeness (QED) is 0.256. The number of ether oxygens (including phenoxy) is 2. The molecule has 0 radical (unpaired) electrons. The molecule has 1 aromatic carbocycles. The summed E-state index contributed by atoms with van der Waals surface area (Å²) in [5, 5.41) is 0.522. The second kappa shape index (κ2) is 10.3. The summed E-state index contributed by atoms with van der Waals surface area (Å²) < 4.78 is 9.84. The number of hydrogen-bond donors (Lipinski definition) is 0. The lowest BCUT2D eigenvalue weighted by Crippen LogP contribution is -2.28. The van der Waals surface area contributed by atoms with Gasteiger partial charge in [0.2, 0.25) is 17.7 Å². The smallest absolute Gasteiger partial charge is 0.338 e. The molecule has 2 aliphatic heterocycles. The van der Waals surface area contributed by atoms with Gasteiger partial charge in [-0.3, -0.25) is 19.3 Å². The number of carbonyl (C=O) groups is 5. The van der Waals surface area contributed by atoms with Gasteiger partial charge in [-0.25, -0.2) is 9.59 Å². The number of hydrogen-bond acceptors (Lipinski definition) is 8. The first-order valence-electron chi connectivity index (χ1n) is 9.71. The standard InChI is InChI=1S/C21H22N2O7S/c1-29-20(27)11-19-22(18(26)13-31-19)9-2-10-30-21(28)15-5-3-14(4-6-15)12-23-16(24)7-8-17(23)25/h3-6,11H,2,7-10,12-13H2,1H3/b19-11+. The molecule has 0 N–H and O–H groups in total. The summed E-state index contributed by atoms with van der Waals surface area (Å²) in [6.07, 6.45) is 2.16. The highest BCUT2D eigenvalue weighted by Crippen LogP contribution is 2.28. The molecule has 0 saturated carbocycles. The van der Waals surface area contributed by atoms with Gasteiger partial charge in [0.1, 0.15) is 0 Å². The summed E-state index contributed by atoms with van der Waals surface area (Å²) in [6.45, 7) is 0.617. The number of benzene rings is 1. The van der Waals surface area contributed by atoms with Gasteiger partial charge in [-0.15, -0.1) is 0 Å². The second-order valence-corrected chi connectivity index (χ2v) is 7.90. The lowest BCUT2D eigenvalue weighted by molar-refractivity contribution is -0.139. The van der Waals surface area contributed by atoms with Crippen LogP contribution in [-0.4, -0.2) is 65.5 Å². The Bertz CT molecular complexity index is 910. The lowest BCUT2D eigenvalue weighted by Gasteiger charge is -2.16. The van der Waals surface area contributed by atoms with E-state index in [-0.39, 0.29) is 49.5 Å². The number of rotatable bonds is 8. The normalized spacial score (nSPS) is 17.6. The zero-order chi connectivity index (χ0) is 22.4. The molecule has 2 heterocycles. The maximum atomic E-state index is 12.2. The van der Waals surface area contributed by atoms with Gasteiger partial charge >= 0.3 is 11.9 Å². The van der Waals surface area contributed by atoms with Crippen molar-refractivity contribution in [3.05, 3.63) is 46.5 Å². The third-order valence-corrected chi connectivity index (χ3v) is 5.82. The van der Waals surface area contributed by atoms with E-state index in [0.717, 1.165) is 5.56 Å². The molecule has 3 amide bonds. The Kier molecular flexibility index (Phi) is 7.45. The average Bonchev–Trinajstić information content (AvgIpc) is 3.27. The molecule has 1 aromatic rings. The molecule has 9 nitrogen and oxygen atoms in total. The van der Waals surface area contributed by atoms with Crippen molar-refractivity contribution in [1.29, 1.82) is 0 Å². The van der Waals surface area contributed by atoms with Gasteiger partial charge < -0.3 is 14.4 Å². The van der Waals surface area contributed by atoms with Crippen LogP contribution in [0.3, 0.4) is 0 Å². The van der Waals surface area contributed by atoms with Gasteiger partial charge in [0.25, 0.3) is 0 Å². The molecule has 0 unspecified atom stereocenters. The molecular formula is C21H22N2O7S. The van der Waals surface area contributed by atoms with Crippen LogP contribution in [0.15, 0.2) is 35.4 Å². The number of thioether (sulfide) groups is 1. The molecule has 3 rings (SSSR count). The summed E-state index contributed by atoms with van der Waals surface area (Å²) in [5.74, 6) is -1.27. The SMILES string of the molecule is COC(=O)/C=C1/SCC(=O)N1CCCOC(=O)c1ccc(CN2C(=O)CCC2=O)cc1. The van der Waals surface area contributed by atoms with E-state index in [0.29, 0.717) is 23.6 Å². The van der Waals surface area contributed by atoms with Crippen molar-refractivity contribution in [2.45, 2.75) is 25.8 Å². The number of amides is 3. The van der Waals surface area contributed by atoms with E-state index in [2.05, 4.69) is 4.74 Å². The fourth-order valence-electron chi connectivity index (χ4n) is 3.13. The Hall–Kier alpha value is -3.14. The van der Waals surface area contributed by atoms with Gasteiger partial charge in [-0.2, -0.15) is 0 Å². The first-order valence-corrected chi connectivity index (χ1v) is 10.7. The highest BCUT2D eigenvalue weighted by molar-refractivity contribution is 8.04. The summed E-state index contributed by atoms with van der Waals surface area (Å²) in [5.41, 5.74) is 1.09.